The Morgan fingerprint density at radius 1 is 1.17 bits per heavy atom. The number of hydrogen-bond acceptors (Lipinski definition) is 3. The van der Waals surface area contributed by atoms with Gasteiger partial charge in [-0.3, -0.25) is 4.79 Å². The molecule has 2 N–H and O–H groups in total. The molecule has 0 unspecified atom stereocenters. The lowest BCUT2D eigenvalue weighted by molar-refractivity contribution is -0.114. The van der Waals surface area contributed by atoms with Crippen LogP contribution in [0.15, 0.2) is 42.5 Å². The molecule has 6 heteroatoms. The molecule has 0 atom stereocenters. The first-order valence-electron chi connectivity index (χ1n) is 7.30. The number of carbonyl (C=O) groups excluding carboxylic acids is 1. The van der Waals surface area contributed by atoms with Crippen LogP contribution < -0.4 is 15.4 Å². The summed E-state index contributed by atoms with van der Waals surface area (Å²) < 4.78 is 5.54. The maximum absolute atomic E-state index is 12.0. The highest BCUT2D eigenvalue weighted by Crippen LogP contribution is 2.29. The second-order valence-electron chi connectivity index (χ2n) is 4.88. The van der Waals surface area contributed by atoms with E-state index in [4.69, 9.17) is 27.9 Å². The van der Waals surface area contributed by atoms with E-state index in [1.807, 2.05) is 25.1 Å². The molecule has 0 bridgehead atoms. The van der Waals surface area contributed by atoms with Crippen LogP contribution in [-0.2, 0) is 4.79 Å². The molecule has 0 radical (unpaired) electrons. The first-order chi connectivity index (χ1) is 11.1. The van der Waals surface area contributed by atoms with Crippen LogP contribution in [0.1, 0.15) is 13.3 Å². The van der Waals surface area contributed by atoms with Gasteiger partial charge in [0.15, 0.2) is 0 Å². The molecule has 0 aliphatic carbocycles. The third kappa shape index (κ3) is 5.34. The molecule has 0 fully saturated rings. The molecule has 2 aromatic carbocycles. The summed E-state index contributed by atoms with van der Waals surface area (Å²) in [6.07, 6.45) is 0.931. The third-order valence-electron chi connectivity index (χ3n) is 2.98. The first kappa shape index (κ1) is 17.4. The summed E-state index contributed by atoms with van der Waals surface area (Å²) in [6.45, 7) is 2.77. The van der Waals surface area contributed by atoms with Gasteiger partial charge in [0.25, 0.3) is 0 Å². The minimum Gasteiger partial charge on any atom is -0.494 e. The fourth-order valence-electron chi connectivity index (χ4n) is 1.90. The number of ether oxygens (including phenoxy) is 1. The Bertz CT molecular complexity index is 677. The maximum atomic E-state index is 12.0. The van der Waals surface area contributed by atoms with Crippen molar-refractivity contribution < 1.29 is 9.53 Å². The largest absolute Gasteiger partial charge is 0.494 e. The molecule has 0 aliphatic rings. The van der Waals surface area contributed by atoms with Crippen LogP contribution in [0.3, 0.4) is 0 Å². The molecule has 122 valence electrons. The highest BCUT2D eigenvalue weighted by Gasteiger charge is 2.07. The fraction of sp³-hybridized carbons (Fsp3) is 0.235. The fourth-order valence-corrected chi connectivity index (χ4v) is 2.27. The Hall–Kier alpha value is -1.91. The quantitative estimate of drug-likeness (QED) is 0.749. The Morgan fingerprint density at radius 3 is 2.74 bits per heavy atom. The van der Waals surface area contributed by atoms with Crippen molar-refractivity contribution in [2.45, 2.75) is 13.3 Å². The number of carbonyl (C=O) groups is 1. The Morgan fingerprint density at radius 2 is 1.96 bits per heavy atom. The van der Waals surface area contributed by atoms with Crippen molar-refractivity contribution in [2.24, 2.45) is 0 Å². The van der Waals surface area contributed by atoms with E-state index in [2.05, 4.69) is 10.6 Å². The minimum atomic E-state index is -0.186. The SMILES string of the molecule is CCCOc1cccc(NC(=O)CNc2cccc(Cl)c2Cl)c1. The van der Waals surface area contributed by atoms with Crippen LogP contribution in [0.5, 0.6) is 5.75 Å². The van der Waals surface area contributed by atoms with Crippen molar-refractivity contribution in [1.82, 2.24) is 0 Å². The number of halogens is 2. The summed E-state index contributed by atoms with van der Waals surface area (Å²) in [7, 11) is 0. The zero-order valence-electron chi connectivity index (χ0n) is 12.7. The second-order valence-corrected chi connectivity index (χ2v) is 5.66. The first-order valence-corrected chi connectivity index (χ1v) is 8.06. The van der Waals surface area contributed by atoms with Gasteiger partial charge in [-0.1, -0.05) is 42.3 Å². The van der Waals surface area contributed by atoms with Gasteiger partial charge in [-0.2, -0.15) is 0 Å². The highest BCUT2D eigenvalue weighted by molar-refractivity contribution is 6.43. The van der Waals surface area contributed by atoms with Gasteiger partial charge < -0.3 is 15.4 Å². The molecular formula is C17H18Cl2N2O2. The predicted octanol–water partition coefficient (Wildman–Crippen LogP) is 4.83. The van der Waals surface area contributed by atoms with Crippen LogP contribution in [0.4, 0.5) is 11.4 Å². The van der Waals surface area contributed by atoms with E-state index < -0.39 is 0 Å². The van der Waals surface area contributed by atoms with Crippen LogP contribution in [0.25, 0.3) is 0 Å². The average molecular weight is 353 g/mol. The zero-order valence-corrected chi connectivity index (χ0v) is 14.2. The minimum absolute atomic E-state index is 0.0834. The van der Waals surface area contributed by atoms with Crippen molar-refractivity contribution in [3.63, 3.8) is 0 Å². The number of hydrogen-bond donors (Lipinski definition) is 2. The Kier molecular flexibility index (Phi) is 6.56. The molecule has 4 nitrogen and oxygen atoms in total. The summed E-state index contributed by atoms with van der Waals surface area (Å²) in [4.78, 5) is 12.0. The van der Waals surface area contributed by atoms with Gasteiger partial charge in [0.05, 0.1) is 28.9 Å². The van der Waals surface area contributed by atoms with Crippen molar-refractivity contribution in [1.29, 1.82) is 0 Å². The summed E-state index contributed by atoms with van der Waals surface area (Å²) in [6, 6.07) is 12.5. The van der Waals surface area contributed by atoms with Crippen molar-refractivity contribution in [2.75, 3.05) is 23.8 Å². The number of amides is 1. The van der Waals surface area contributed by atoms with E-state index in [1.54, 1.807) is 24.3 Å². The maximum Gasteiger partial charge on any atom is 0.243 e. The summed E-state index contributed by atoms with van der Waals surface area (Å²) in [5, 5.41) is 6.61. The van der Waals surface area contributed by atoms with E-state index in [0.29, 0.717) is 28.0 Å². The van der Waals surface area contributed by atoms with Gasteiger partial charge in [0, 0.05) is 11.8 Å². The molecule has 1 amide bonds. The van der Waals surface area contributed by atoms with Crippen molar-refractivity contribution in [3.8, 4) is 5.75 Å². The Labute approximate surface area is 145 Å². The van der Waals surface area contributed by atoms with Gasteiger partial charge >= 0.3 is 0 Å². The average Bonchev–Trinajstić information content (AvgIpc) is 2.54. The lowest BCUT2D eigenvalue weighted by atomic mass is 10.3. The molecular weight excluding hydrogens is 335 g/mol. The van der Waals surface area contributed by atoms with Gasteiger partial charge in [-0.05, 0) is 30.7 Å². The smallest absolute Gasteiger partial charge is 0.243 e. The topological polar surface area (TPSA) is 50.4 Å². The second kappa shape index (κ2) is 8.65. The van der Waals surface area contributed by atoms with E-state index in [9.17, 15) is 4.79 Å². The molecule has 0 saturated heterocycles. The van der Waals surface area contributed by atoms with E-state index >= 15 is 0 Å². The molecule has 0 aliphatic heterocycles. The Balaban J connectivity index is 1.91. The van der Waals surface area contributed by atoms with Crippen molar-refractivity contribution in [3.05, 3.63) is 52.5 Å². The van der Waals surface area contributed by atoms with Gasteiger partial charge in [0.2, 0.25) is 5.91 Å². The predicted molar refractivity (Wildman–Crippen MR) is 95.8 cm³/mol. The summed E-state index contributed by atoms with van der Waals surface area (Å²) in [5.41, 5.74) is 1.30. The van der Waals surface area contributed by atoms with Crippen LogP contribution >= 0.6 is 23.2 Å². The van der Waals surface area contributed by atoms with Crippen LogP contribution in [-0.4, -0.2) is 19.1 Å². The van der Waals surface area contributed by atoms with Crippen LogP contribution in [0.2, 0.25) is 10.0 Å². The molecule has 2 rings (SSSR count). The van der Waals surface area contributed by atoms with E-state index in [-0.39, 0.29) is 12.5 Å². The number of anilines is 2. The van der Waals surface area contributed by atoms with Gasteiger partial charge in [-0.15, -0.1) is 0 Å². The zero-order chi connectivity index (χ0) is 16.7. The van der Waals surface area contributed by atoms with Gasteiger partial charge in [0.1, 0.15) is 5.75 Å². The van der Waals surface area contributed by atoms with Crippen molar-refractivity contribution >= 4 is 40.5 Å². The summed E-state index contributed by atoms with van der Waals surface area (Å²) in [5.74, 6) is 0.546. The molecule has 0 saturated carbocycles. The third-order valence-corrected chi connectivity index (χ3v) is 3.80. The lowest BCUT2D eigenvalue weighted by Crippen LogP contribution is -2.21. The monoisotopic (exact) mass is 352 g/mol. The van der Waals surface area contributed by atoms with E-state index in [1.165, 1.54) is 0 Å². The standard InChI is InChI=1S/C17H18Cl2N2O2/c1-2-9-23-13-6-3-5-12(10-13)21-16(22)11-20-15-8-4-7-14(18)17(15)19/h3-8,10,20H,2,9,11H2,1H3,(H,21,22). The lowest BCUT2D eigenvalue weighted by Gasteiger charge is -2.11. The normalized spacial score (nSPS) is 10.2. The molecule has 0 heterocycles. The number of benzene rings is 2. The van der Waals surface area contributed by atoms with Crippen LogP contribution in [0, 0.1) is 0 Å². The molecule has 23 heavy (non-hydrogen) atoms. The van der Waals surface area contributed by atoms with Gasteiger partial charge in [-0.25, -0.2) is 0 Å². The molecule has 0 spiro atoms. The number of rotatable bonds is 7. The molecule has 0 aromatic heterocycles. The van der Waals surface area contributed by atoms with E-state index in [0.717, 1.165) is 12.2 Å². The summed E-state index contributed by atoms with van der Waals surface area (Å²) >= 11 is 12.0. The molecule has 2 aromatic rings. The highest BCUT2D eigenvalue weighted by atomic mass is 35.5. The number of nitrogens with one attached hydrogen (secondary N) is 2.